The zero-order chi connectivity index (χ0) is 11.7. The highest BCUT2D eigenvalue weighted by atomic mass is 16.6. The van der Waals surface area contributed by atoms with Gasteiger partial charge in [0.05, 0.1) is 12.2 Å². The molecule has 88 valence electrons. The van der Waals surface area contributed by atoms with E-state index in [9.17, 15) is 20.3 Å². The minimum Gasteiger partial charge on any atom is -0.469 e. The summed E-state index contributed by atoms with van der Waals surface area (Å²) in [5.41, 5.74) is 0. The van der Waals surface area contributed by atoms with Crippen molar-refractivity contribution >= 4 is 0 Å². The largest absolute Gasteiger partial charge is 0.469 e. The van der Waals surface area contributed by atoms with Gasteiger partial charge in [-0.05, 0) is 18.6 Å². The first-order valence-corrected chi connectivity index (χ1v) is 5.11. The number of nitrogens with zero attached hydrogens (tertiary/aromatic N) is 1. The lowest BCUT2D eigenvalue weighted by Crippen LogP contribution is -2.33. The molecule has 0 saturated heterocycles. The van der Waals surface area contributed by atoms with Gasteiger partial charge < -0.3 is 14.6 Å². The van der Waals surface area contributed by atoms with Gasteiger partial charge in [0.2, 0.25) is 6.04 Å². The summed E-state index contributed by atoms with van der Waals surface area (Å²) in [5, 5.41) is 29.7. The molecule has 0 bridgehead atoms. The van der Waals surface area contributed by atoms with Crippen molar-refractivity contribution in [2.75, 3.05) is 6.61 Å². The number of furan rings is 1. The Kier molecular flexibility index (Phi) is 2.93. The predicted octanol–water partition coefficient (Wildman–Crippen LogP) is 0.382. The molecule has 1 heterocycles. The predicted molar refractivity (Wildman–Crippen MR) is 53.4 cm³/mol. The molecule has 0 spiro atoms. The van der Waals surface area contributed by atoms with Crippen LogP contribution in [0.2, 0.25) is 0 Å². The monoisotopic (exact) mass is 227 g/mol. The van der Waals surface area contributed by atoms with Gasteiger partial charge in [-0.1, -0.05) is 0 Å². The molecule has 0 aliphatic heterocycles. The Morgan fingerprint density at radius 1 is 1.62 bits per heavy atom. The van der Waals surface area contributed by atoms with E-state index in [2.05, 4.69) is 0 Å². The van der Waals surface area contributed by atoms with Gasteiger partial charge in [-0.15, -0.1) is 0 Å². The number of hydrogen-bond acceptors (Lipinski definition) is 5. The Labute approximate surface area is 91.7 Å². The number of nitro groups is 1. The van der Waals surface area contributed by atoms with Crippen LogP contribution in [0.4, 0.5) is 0 Å². The van der Waals surface area contributed by atoms with E-state index in [-0.39, 0.29) is 18.9 Å². The van der Waals surface area contributed by atoms with E-state index in [0.717, 1.165) is 0 Å². The van der Waals surface area contributed by atoms with Gasteiger partial charge in [-0.3, -0.25) is 10.1 Å². The van der Waals surface area contributed by atoms with Crippen LogP contribution in [0.5, 0.6) is 0 Å². The van der Waals surface area contributed by atoms with Gasteiger partial charge in [0.25, 0.3) is 0 Å². The van der Waals surface area contributed by atoms with Crippen molar-refractivity contribution in [3.05, 3.63) is 34.3 Å². The average molecular weight is 227 g/mol. The summed E-state index contributed by atoms with van der Waals surface area (Å²) >= 11 is 0. The maximum atomic E-state index is 10.9. The van der Waals surface area contributed by atoms with Crippen LogP contribution in [-0.4, -0.2) is 33.9 Å². The normalized spacial score (nSPS) is 34.1. The summed E-state index contributed by atoms with van der Waals surface area (Å²) in [4.78, 5) is 10.4. The van der Waals surface area contributed by atoms with Crippen molar-refractivity contribution < 1.29 is 19.6 Å². The maximum Gasteiger partial charge on any atom is 0.248 e. The first-order valence-electron chi connectivity index (χ1n) is 5.11. The molecule has 1 fully saturated rings. The third-order valence-corrected chi connectivity index (χ3v) is 3.16. The Balaban J connectivity index is 2.33. The van der Waals surface area contributed by atoms with Crippen molar-refractivity contribution in [2.45, 2.75) is 24.5 Å². The summed E-state index contributed by atoms with van der Waals surface area (Å²) < 4.78 is 5.15. The quantitative estimate of drug-likeness (QED) is 0.574. The Hall–Kier alpha value is -1.40. The van der Waals surface area contributed by atoms with Gasteiger partial charge in [0, 0.05) is 17.4 Å². The molecular formula is C10H13NO5. The molecule has 2 unspecified atom stereocenters. The fourth-order valence-electron chi connectivity index (χ4n) is 2.46. The molecule has 0 aromatic carbocycles. The third kappa shape index (κ3) is 1.70. The summed E-state index contributed by atoms with van der Waals surface area (Å²) in [6.07, 6.45) is 0.640. The second kappa shape index (κ2) is 4.23. The van der Waals surface area contributed by atoms with Gasteiger partial charge in [-0.25, -0.2) is 0 Å². The van der Waals surface area contributed by atoms with Gasteiger partial charge in [0.1, 0.15) is 11.9 Å². The molecule has 16 heavy (non-hydrogen) atoms. The number of rotatable bonds is 3. The smallest absolute Gasteiger partial charge is 0.248 e. The lowest BCUT2D eigenvalue weighted by molar-refractivity contribution is -0.534. The topological polar surface area (TPSA) is 96.7 Å². The van der Waals surface area contributed by atoms with E-state index in [1.165, 1.54) is 6.26 Å². The molecule has 0 amide bonds. The van der Waals surface area contributed by atoms with Gasteiger partial charge in [-0.2, -0.15) is 0 Å². The number of aliphatic hydroxyl groups excluding tert-OH is 2. The van der Waals surface area contributed by atoms with Crippen molar-refractivity contribution in [3.63, 3.8) is 0 Å². The molecule has 2 rings (SSSR count). The number of hydrogen-bond donors (Lipinski definition) is 2. The summed E-state index contributed by atoms with van der Waals surface area (Å²) in [6, 6.07) is 2.19. The highest BCUT2D eigenvalue weighted by molar-refractivity contribution is 5.14. The molecule has 1 aliphatic carbocycles. The van der Waals surface area contributed by atoms with Crippen LogP contribution in [0.3, 0.4) is 0 Å². The Morgan fingerprint density at radius 3 is 2.88 bits per heavy atom. The molecule has 4 atom stereocenters. The minimum atomic E-state index is -1.09. The molecule has 1 saturated carbocycles. The van der Waals surface area contributed by atoms with E-state index in [1.807, 2.05) is 0 Å². The maximum absolute atomic E-state index is 10.9. The summed E-state index contributed by atoms with van der Waals surface area (Å²) in [6.45, 7) is -0.188. The lowest BCUT2D eigenvalue weighted by atomic mass is 9.92. The van der Waals surface area contributed by atoms with Gasteiger partial charge >= 0.3 is 0 Å². The van der Waals surface area contributed by atoms with Crippen LogP contribution in [0.25, 0.3) is 0 Å². The summed E-state index contributed by atoms with van der Waals surface area (Å²) in [5.74, 6) is -0.418. The molecule has 1 aromatic rings. The third-order valence-electron chi connectivity index (χ3n) is 3.16. The Morgan fingerprint density at radius 2 is 2.38 bits per heavy atom. The zero-order valence-corrected chi connectivity index (χ0v) is 8.52. The lowest BCUT2D eigenvalue weighted by Gasteiger charge is -2.16. The summed E-state index contributed by atoms with van der Waals surface area (Å²) in [7, 11) is 0. The molecule has 2 N–H and O–H groups in total. The van der Waals surface area contributed by atoms with Crippen LogP contribution >= 0.6 is 0 Å². The van der Waals surface area contributed by atoms with Crippen molar-refractivity contribution in [2.24, 2.45) is 5.92 Å². The second-order valence-electron chi connectivity index (χ2n) is 4.06. The highest BCUT2D eigenvalue weighted by Gasteiger charge is 2.51. The van der Waals surface area contributed by atoms with Crippen LogP contribution in [0.1, 0.15) is 18.1 Å². The fourth-order valence-corrected chi connectivity index (χ4v) is 2.46. The van der Waals surface area contributed by atoms with E-state index < -0.39 is 23.0 Å². The first kappa shape index (κ1) is 11.1. The first-order chi connectivity index (χ1) is 7.65. The van der Waals surface area contributed by atoms with Crippen molar-refractivity contribution in [3.8, 4) is 0 Å². The Bertz CT molecular complexity index is 363. The van der Waals surface area contributed by atoms with Crippen LogP contribution in [0, 0.1) is 16.0 Å². The molecule has 0 radical (unpaired) electrons. The second-order valence-corrected chi connectivity index (χ2v) is 4.06. The molecule has 6 nitrogen and oxygen atoms in total. The highest BCUT2D eigenvalue weighted by Crippen LogP contribution is 2.41. The van der Waals surface area contributed by atoms with Crippen molar-refractivity contribution in [1.29, 1.82) is 0 Å². The van der Waals surface area contributed by atoms with Crippen LogP contribution < -0.4 is 0 Å². The molecule has 6 heteroatoms. The minimum absolute atomic E-state index is 0.188. The van der Waals surface area contributed by atoms with E-state index >= 15 is 0 Å². The van der Waals surface area contributed by atoms with Crippen molar-refractivity contribution in [1.82, 2.24) is 0 Å². The standard InChI is InChI=1S/C10H13NO5/c12-5-6-4-7(13)10(11(14)15)9(6)8-2-1-3-16-8/h1-3,6-7,9-10,12-13H,4-5H2/t6-,7?,9-,10?/m0/s1. The average Bonchev–Trinajstić information content (AvgIpc) is 2.82. The van der Waals surface area contributed by atoms with E-state index in [1.54, 1.807) is 12.1 Å². The van der Waals surface area contributed by atoms with Crippen LogP contribution in [0.15, 0.2) is 22.8 Å². The SMILES string of the molecule is O=[N+]([O-])C1C(O)C[C@@H](CO)[C@H]1c1ccco1. The van der Waals surface area contributed by atoms with E-state index in [0.29, 0.717) is 5.76 Å². The van der Waals surface area contributed by atoms with E-state index in [4.69, 9.17) is 4.42 Å². The number of aliphatic hydroxyl groups is 2. The molecule has 1 aliphatic rings. The van der Waals surface area contributed by atoms with Crippen LogP contribution in [-0.2, 0) is 0 Å². The molecule has 1 aromatic heterocycles. The fraction of sp³-hybridized carbons (Fsp3) is 0.600. The molecular weight excluding hydrogens is 214 g/mol. The van der Waals surface area contributed by atoms with Gasteiger partial charge in [0.15, 0.2) is 0 Å². The zero-order valence-electron chi connectivity index (χ0n) is 8.52.